The summed E-state index contributed by atoms with van der Waals surface area (Å²) in [6.07, 6.45) is 0.524. The Hall–Kier alpha value is -1.91. The fourth-order valence-corrected chi connectivity index (χ4v) is 1.67. The summed E-state index contributed by atoms with van der Waals surface area (Å²) in [6, 6.07) is 4.41. The summed E-state index contributed by atoms with van der Waals surface area (Å²) in [5.41, 5.74) is 0.262. The van der Waals surface area contributed by atoms with Crippen LogP contribution in [0, 0.1) is 5.82 Å². The molecule has 0 bridgehead atoms. The summed E-state index contributed by atoms with van der Waals surface area (Å²) in [7, 11) is 0. The number of nitrogens with zero attached hydrogens (tertiary/aromatic N) is 1. The van der Waals surface area contributed by atoms with Crippen molar-refractivity contribution in [2.24, 2.45) is 0 Å². The Morgan fingerprint density at radius 1 is 1.44 bits per heavy atom. The van der Waals surface area contributed by atoms with Crippen LogP contribution in [0.25, 0.3) is 0 Å². The monoisotopic (exact) mass is 222 g/mol. The van der Waals surface area contributed by atoms with Gasteiger partial charge >= 0.3 is 6.03 Å². The third-order valence-corrected chi connectivity index (χ3v) is 2.49. The molecule has 5 heteroatoms. The van der Waals surface area contributed by atoms with Crippen LogP contribution < -0.4 is 10.2 Å². The molecule has 0 saturated carbocycles. The number of hydrogen-bond donors (Lipinski definition) is 1. The van der Waals surface area contributed by atoms with E-state index in [0.29, 0.717) is 6.42 Å². The second-order valence-electron chi connectivity index (χ2n) is 3.56. The number of nitrogens with one attached hydrogen (secondary N) is 1. The molecule has 16 heavy (non-hydrogen) atoms. The fraction of sp³-hybridized carbons (Fsp3) is 0.273. The summed E-state index contributed by atoms with van der Waals surface area (Å²) in [5.74, 6) is -0.809. The maximum atomic E-state index is 13.0. The normalized spacial score (nSPS) is 20.1. The van der Waals surface area contributed by atoms with Crippen LogP contribution in [0.3, 0.4) is 0 Å². The molecule has 0 radical (unpaired) electrons. The first-order valence-corrected chi connectivity index (χ1v) is 5.03. The van der Waals surface area contributed by atoms with Crippen LogP contribution in [-0.2, 0) is 4.79 Å². The van der Waals surface area contributed by atoms with Crippen molar-refractivity contribution in [2.75, 3.05) is 4.90 Å². The minimum atomic E-state index is -0.504. The highest BCUT2D eigenvalue weighted by Gasteiger charge is 2.37. The van der Waals surface area contributed by atoms with Gasteiger partial charge in [-0.1, -0.05) is 13.0 Å². The molecular weight excluding hydrogens is 211 g/mol. The Balaban J connectivity index is 2.34. The number of amides is 3. The van der Waals surface area contributed by atoms with Gasteiger partial charge in [0.15, 0.2) is 0 Å². The largest absolute Gasteiger partial charge is 0.329 e. The van der Waals surface area contributed by atoms with Crippen molar-refractivity contribution < 1.29 is 14.0 Å². The highest BCUT2D eigenvalue weighted by molar-refractivity contribution is 6.21. The first-order valence-electron chi connectivity index (χ1n) is 5.03. The molecule has 1 aliphatic rings. The molecule has 0 spiro atoms. The smallest absolute Gasteiger partial charge is 0.325 e. The molecule has 1 saturated heterocycles. The predicted octanol–water partition coefficient (Wildman–Crippen LogP) is 1.66. The van der Waals surface area contributed by atoms with Crippen LogP contribution >= 0.6 is 0 Å². The maximum absolute atomic E-state index is 13.0. The Labute approximate surface area is 92.0 Å². The van der Waals surface area contributed by atoms with Gasteiger partial charge in [-0.3, -0.25) is 4.79 Å². The minimum absolute atomic E-state index is 0.262. The SMILES string of the molecule is CCC1NC(=O)N(c2cccc(F)c2)C1=O. The number of anilines is 1. The van der Waals surface area contributed by atoms with E-state index in [4.69, 9.17) is 0 Å². The van der Waals surface area contributed by atoms with Crippen molar-refractivity contribution >= 4 is 17.6 Å². The maximum Gasteiger partial charge on any atom is 0.329 e. The third kappa shape index (κ3) is 1.64. The quantitative estimate of drug-likeness (QED) is 0.773. The second-order valence-corrected chi connectivity index (χ2v) is 3.56. The summed E-state index contributed by atoms with van der Waals surface area (Å²) in [4.78, 5) is 24.3. The van der Waals surface area contributed by atoms with E-state index in [9.17, 15) is 14.0 Å². The highest BCUT2D eigenvalue weighted by atomic mass is 19.1. The number of carbonyl (C=O) groups excluding carboxylic acids is 2. The molecule has 1 fully saturated rings. The first-order chi connectivity index (χ1) is 7.63. The van der Waals surface area contributed by atoms with E-state index >= 15 is 0 Å². The molecule has 84 valence electrons. The Morgan fingerprint density at radius 3 is 2.75 bits per heavy atom. The Morgan fingerprint density at radius 2 is 2.19 bits per heavy atom. The van der Waals surface area contributed by atoms with Crippen molar-refractivity contribution in [3.05, 3.63) is 30.1 Å². The zero-order valence-electron chi connectivity index (χ0n) is 8.74. The fourth-order valence-electron chi connectivity index (χ4n) is 1.67. The van der Waals surface area contributed by atoms with Gasteiger partial charge < -0.3 is 5.32 Å². The molecule has 4 nitrogen and oxygen atoms in total. The lowest BCUT2D eigenvalue weighted by molar-refractivity contribution is -0.118. The lowest BCUT2D eigenvalue weighted by atomic mass is 10.2. The van der Waals surface area contributed by atoms with Crippen molar-refractivity contribution in [1.82, 2.24) is 5.32 Å². The minimum Gasteiger partial charge on any atom is -0.325 e. The van der Waals surface area contributed by atoms with Crippen LogP contribution in [0.1, 0.15) is 13.3 Å². The molecule has 2 rings (SSSR count). The molecule has 0 aromatic heterocycles. The zero-order valence-corrected chi connectivity index (χ0v) is 8.74. The van der Waals surface area contributed by atoms with E-state index in [1.54, 1.807) is 6.92 Å². The standard InChI is InChI=1S/C11H11FN2O2/c1-2-9-10(15)14(11(16)13-9)8-5-3-4-7(12)6-8/h3-6,9H,2H2,1H3,(H,13,16). The van der Waals surface area contributed by atoms with Crippen LogP contribution in [0.2, 0.25) is 0 Å². The van der Waals surface area contributed by atoms with Gasteiger partial charge in [-0.25, -0.2) is 14.1 Å². The summed E-state index contributed by atoms with van der Waals surface area (Å²) >= 11 is 0. The summed E-state index contributed by atoms with van der Waals surface area (Å²) in [5, 5.41) is 2.54. The molecule has 1 N–H and O–H groups in total. The number of rotatable bonds is 2. The highest BCUT2D eigenvalue weighted by Crippen LogP contribution is 2.21. The van der Waals surface area contributed by atoms with Gasteiger partial charge in [-0.05, 0) is 24.6 Å². The second kappa shape index (κ2) is 3.92. The van der Waals surface area contributed by atoms with E-state index in [2.05, 4.69) is 5.32 Å². The molecule has 1 heterocycles. The van der Waals surface area contributed by atoms with Gasteiger partial charge in [0.1, 0.15) is 11.9 Å². The van der Waals surface area contributed by atoms with Crippen LogP contribution in [0.4, 0.5) is 14.9 Å². The van der Waals surface area contributed by atoms with E-state index in [-0.39, 0.29) is 11.6 Å². The number of imide groups is 1. The molecule has 3 amide bonds. The molecular formula is C11H11FN2O2. The van der Waals surface area contributed by atoms with Crippen molar-refractivity contribution in [1.29, 1.82) is 0 Å². The van der Waals surface area contributed by atoms with Gasteiger partial charge in [-0.2, -0.15) is 0 Å². The van der Waals surface area contributed by atoms with Crippen LogP contribution in [0.5, 0.6) is 0 Å². The number of benzene rings is 1. The number of urea groups is 1. The van der Waals surface area contributed by atoms with Gasteiger partial charge in [-0.15, -0.1) is 0 Å². The summed E-state index contributed by atoms with van der Waals surface area (Å²) < 4.78 is 13.0. The van der Waals surface area contributed by atoms with Crippen LogP contribution in [-0.4, -0.2) is 18.0 Å². The molecule has 1 unspecified atom stereocenters. The van der Waals surface area contributed by atoms with Crippen LogP contribution in [0.15, 0.2) is 24.3 Å². The molecule has 1 atom stereocenters. The molecule has 1 aliphatic heterocycles. The average Bonchev–Trinajstić information content (AvgIpc) is 2.53. The topological polar surface area (TPSA) is 49.4 Å². The zero-order chi connectivity index (χ0) is 11.7. The number of carbonyl (C=O) groups is 2. The molecule has 0 aliphatic carbocycles. The van der Waals surface area contributed by atoms with E-state index in [0.717, 1.165) is 11.0 Å². The van der Waals surface area contributed by atoms with Crippen molar-refractivity contribution in [3.63, 3.8) is 0 Å². The van der Waals surface area contributed by atoms with Gasteiger partial charge in [0.05, 0.1) is 5.69 Å². The lowest BCUT2D eigenvalue weighted by Gasteiger charge is -2.12. The Bertz CT molecular complexity index is 447. The number of halogens is 1. The molecule has 1 aromatic rings. The van der Waals surface area contributed by atoms with Gasteiger partial charge in [0.2, 0.25) is 0 Å². The van der Waals surface area contributed by atoms with E-state index < -0.39 is 17.9 Å². The third-order valence-electron chi connectivity index (χ3n) is 2.49. The van der Waals surface area contributed by atoms with E-state index in [1.165, 1.54) is 18.2 Å². The van der Waals surface area contributed by atoms with Crippen molar-refractivity contribution in [3.8, 4) is 0 Å². The first kappa shape index (κ1) is 10.6. The van der Waals surface area contributed by atoms with Gasteiger partial charge in [0.25, 0.3) is 5.91 Å². The lowest BCUT2D eigenvalue weighted by Crippen LogP contribution is -2.31. The molecule has 1 aromatic carbocycles. The number of hydrogen-bond acceptors (Lipinski definition) is 2. The van der Waals surface area contributed by atoms with Gasteiger partial charge in [0, 0.05) is 0 Å². The predicted molar refractivity (Wildman–Crippen MR) is 56.5 cm³/mol. The summed E-state index contributed by atoms with van der Waals surface area (Å²) in [6.45, 7) is 1.80. The van der Waals surface area contributed by atoms with E-state index in [1.807, 2.05) is 0 Å². The Kier molecular flexibility index (Phi) is 2.60. The van der Waals surface area contributed by atoms with Crippen molar-refractivity contribution in [2.45, 2.75) is 19.4 Å². The average molecular weight is 222 g/mol.